The highest BCUT2D eigenvalue weighted by atomic mass is 28.3. The van der Waals surface area contributed by atoms with E-state index in [2.05, 4.69) is 37.4 Å². The van der Waals surface area contributed by atoms with Gasteiger partial charge in [-0.2, -0.15) is 0 Å². The molecule has 0 aliphatic rings. The van der Waals surface area contributed by atoms with Crippen molar-refractivity contribution in [2.24, 2.45) is 0 Å². The first-order valence-electron chi connectivity index (χ1n) is 8.96. The van der Waals surface area contributed by atoms with E-state index < -0.39 is 8.07 Å². The zero-order valence-electron chi connectivity index (χ0n) is 15.5. The number of ketones is 1. The Morgan fingerprint density at radius 3 is 1.81 bits per heavy atom. The maximum atomic E-state index is 12.6. The van der Waals surface area contributed by atoms with E-state index in [4.69, 9.17) is 4.74 Å². The smallest absolute Gasteiger partial charge is 0.193 e. The molecule has 0 radical (unpaired) electrons. The Balaban J connectivity index is 1.83. The van der Waals surface area contributed by atoms with Gasteiger partial charge in [-0.15, -0.1) is 0 Å². The van der Waals surface area contributed by atoms with Crippen LogP contribution >= 0.6 is 0 Å². The first kappa shape index (κ1) is 18.1. The summed E-state index contributed by atoms with van der Waals surface area (Å²) in [6.45, 7) is 7.33. The molecule has 0 spiro atoms. The fraction of sp³-hybridized carbons (Fsp3) is 0.174. The maximum Gasteiger partial charge on any atom is 0.193 e. The third-order valence-corrected chi connectivity index (χ3v) is 8.35. The van der Waals surface area contributed by atoms with Crippen LogP contribution in [0.5, 0.6) is 5.75 Å². The minimum absolute atomic E-state index is 0.0673. The second kappa shape index (κ2) is 7.71. The minimum atomic E-state index is -1.81. The van der Waals surface area contributed by atoms with Crippen molar-refractivity contribution in [1.29, 1.82) is 0 Å². The van der Waals surface area contributed by atoms with E-state index in [-0.39, 0.29) is 5.78 Å². The number of benzene rings is 3. The summed E-state index contributed by atoms with van der Waals surface area (Å²) < 4.78 is 5.54. The Bertz CT molecular complexity index is 866. The van der Waals surface area contributed by atoms with Gasteiger partial charge in [0.2, 0.25) is 0 Å². The fourth-order valence-electron chi connectivity index (χ4n) is 3.10. The molecule has 0 unspecified atom stereocenters. The van der Waals surface area contributed by atoms with Gasteiger partial charge < -0.3 is 4.74 Å². The lowest BCUT2D eigenvalue weighted by molar-refractivity contribution is 0.103. The second-order valence-electron chi connectivity index (χ2n) is 6.85. The van der Waals surface area contributed by atoms with Gasteiger partial charge in [-0.3, -0.25) is 4.79 Å². The lowest BCUT2D eigenvalue weighted by atomic mass is 10.0. The van der Waals surface area contributed by atoms with Crippen LogP contribution in [0.1, 0.15) is 22.8 Å². The van der Waals surface area contributed by atoms with Crippen molar-refractivity contribution >= 4 is 24.2 Å². The van der Waals surface area contributed by atoms with Crippen molar-refractivity contribution in [3.63, 3.8) is 0 Å². The molecule has 0 atom stereocenters. The van der Waals surface area contributed by atoms with E-state index in [1.165, 1.54) is 10.4 Å². The number of carbonyl (C=O) groups is 1. The van der Waals surface area contributed by atoms with Crippen LogP contribution in [0.25, 0.3) is 0 Å². The van der Waals surface area contributed by atoms with Gasteiger partial charge in [0.25, 0.3) is 0 Å². The molecule has 3 rings (SSSR count). The number of ether oxygens (including phenoxy) is 1. The molecule has 3 aromatic carbocycles. The summed E-state index contributed by atoms with van der Waals surface area (Å²) in [6.07, 6.45) is 0. The van der Waals surface area contributed by atoms with E-state index >= 15 is 0 Å². The Hall–Kier alpha value is -2.65. The van der Waals surface area contributed by atoms with E-state index in [0.29, 0.717) is 6.61 Å². The summed E-state index contributed by atoms with van der Waals surface area (Å²) in [5.41, 5.74) is 1.46. The van der Waals surface area contributed by atoms with Gasteiger partial charge in [-0.1, -0.05) is 90.2 Å². The van der Waals surface area contributed by atoms with Crippen LogP contribution < -0.4 is 15.1 Å². The highest BCUT2D eigenvalue weighted by Gasteiger charge is 2.26. The molecule has 0 amide bonds. The van der Waals surface area contributed by atoms with Gasteiger partial charge in [0.1, 0.15) is 13.8 Å². The van der Waals surface area contributed by atoms with Gasteiger partial charge in [-0.05, 0) is 19.1 Å². The molecule has 0 bridgehead atoms. The molecule has 0 aromatic heterocycles. The Labute approximate surface area is 156 Å². The largest absolute Gasteiger partial charge is 0.494 e. The molecule has 3 heteroatoms. The molecular weight excluding hydrogens is 336 g/mol. The number of hydrogen-bond acceptors (Lipinski definition) is 2. The van der Waals surface area contributed by atoms with Gasteiger partial charge in [0.05, 0.1) is 6.61 Å². The van der Waals surface area contributed by atoms with Crippen LogP contribution in [-0.4, -0.2) is 20.5 Å². The third-order valence-electron chi connectivity index (χ3n) is 4.79. The van der Waals surface area contributed by atoms with Crippen LogP contribution in [0, 0.1) is 0 Å². The van der Waals surface area contributed by atoms with Crippen LogP contribution in [-0.2, 0) is 0 Å². The third kappa shape index (κ3) is 3.78. The van der Waals surface area contributed by atoms with Gasteiger partial charge in [-0.25, -0.2) is 0 Å². The molecule has 0 saturated carbocycles. The summed E-state index contributed by atoms with van der Waals surface area (Å²) in [5.74, 6) is 0.975. The summed E-state index contributed by atoms with van der Waals surface area (Å²) in [5, 5.41) is 2.66. The maximum absolute atomic E-state index is 12.6. The van der Waals surface area contributed by atoms with Gasteiger partial charge >= 0.3 is 0 Å². The van der Waals surface area contributed by atoms with Crippen molar-refractivity contribution in [1.82, 2.24) is 0 Å². The number of carbonyl (C=O) groups excluding carboxylic acids is 1. The molecule has 132 valence electrons. The van der Waals surface area contributed by atoms with Gasteiger partial charge in [0, 0.05) is 11.1 Å². The summed E-state index contributed by atoms with van der Waals surface area (Å²) in [6, 6.07) is 26.0. The molecule has 0 heterocycles. The van der Waals surface area contributed by atoms with Crippen molar-refractivity contribution in [2.75, 3.05) is 6.61 Å². The highest BCUT2D eigenvalue weighted by Crippen LogP contribution is 2.13. The van der Waals surface area contributed by atoms with Crippen molar-refractivity contribution in [3.8, 4) is 5.75 Å². The molecule has 0 aliphatic carbocycles. The average Bonchev–Trinajstić information content (AvgIpc) is 2.69. The topological polar surface area (TPSA) is 26.3 Å². The zero-order chi connectivity index (χ0) is 18.6. The Morgan fingerprint density at radius 1 is 0.769 bits per heavy atom. The first-order valence-corrected chi connectivity index (χ1v) is 12.0. The number of rotatable bonds is 6. The van der Waals surface area contributed by atoms with Crippen molar-refractivity contribution < 1.29 is 9.53 Å². The van der Waals surface area contributed by atoms with Crippen LogP contribution in [0.2, 0.25) is 13.1 Å². The number of hydrogen-bond donors (Lipinski definition) is 0. The quantitative estimate of drug-likeness (QED) is 0.488. The average molecular weight is 361 g/mol. The highest BCUT2D eigenvalue weighted by molar-refractivity contribution is 7.00. The zero-order valence-corrected chi connectivity index (χ0v) is 16.5. The lowest BCUT2D eigenvalue weighted by Crippen LogP contribution is -2.52. The standard InChI is InChI=1S/C23H24O2Si/c1-4-25-20-12-16-22(17-13-20)26(2,3)21-14-10-19(11-15-21)23(24)18-8-6-5-7-9-18/h5-17H,4H2,1-3H3. The van der Waals surface area contributed by atoms with Crippen molar-refractivity contribution in [2.45, 2.75) is 20.0 Å². The van der Waals surface area contributed by atoms with E-state index in [1.54, 1.807) is 0 Å². The summed E-state index contributed by atoms with van der Waals surface area (Å²) in [4.78, 5) is 12.6. The Kier molecular flexibility index (Phi) is 5.38. The van der Waals surface area contributed by atoms with Crippen LogP contribution in [0.3, 0.4) is 0 Å². The molecule has 0 aliphatic heterocycles. The lowest BCUT2D eigenvalue weighted by Gasteiger charge is -2.24. The van der Waals surface area contributed by atoms with E-state index in [0.717, 1.165) is 16.9 Å². The van der Waals surface area contributed by atoms with Crippen molar-refractivity contribution in [3.05, 3.63) is 90.0 Å². The molecule has 2 nitrogen and oxygen atoms in total. The molecule has 3 aromatic rings. The second-order valence-corrected chi connectivity index (χ2v) is 11.3. The van der Waals surface area contributed by atoms with E-state index in [9.17, 15) is 4.79 Å². The predicted octanol–water partition coefficient (Wildman–Crippen LogP) is 4.14. The molecule has 0 fully saturated rings. The normalized spacial score (nSPS) is 11.2. The SMILES string of the molecule is CCOc1ccc([Si](C)(C)c2ccc(C(=O)c3ccccc3)cc2)cc1. The molecule has 0 N–H and O–H groups in total. The molecule has 26 heavy (non-hydrogen) atoms. The van der Waals surface area contributed by atoms with Gasteiger partial charge in [0.15, 0.2) is 5.78 Å². The summed E-state index contributed by atoms with van der Waals surface area (Å²) in [7, 11) is -1.81. The van der Waals surface area contributed by atoms with Crippen LogP contribution in [0.15, 0.2) is 78.9 Å². The summed E-state index contributed by atoms with van der Waals surface area (Å²) >= 11 is 0. The molecular formula is C23H24O2Si. The molecule has 0 saturated heterocycles. The first-order chi connectivity index (χ1) is 12.5. The van der Waals surface area contributed by atoms with Crippen LogP contribution in [0.4, 0.5) is 0 Å². The fourth-order valence-corrected chi connectivity index (χ4v) is 5.43. The minimum Gasteiger partial charge on any atom is -0.494 e. The van der Waals surface area contributed by atoms with E-state index in [1.807, 2.05) is 61.5 Å². The monoisotopic (exact) mass is 360 g/mol. The predicted molar refractivity (Wildman–Crippen MR) is 111 cm³/mol. The Morgan fingerprint density at radius 2 is 1.27 bits per heavy atom.